The lowest BCUT2D eigenvalue weighted by molar-refractivity contribution is -0.114. The number of anilines is 1. The summed E-state index contributed by atoms with van der Waals surface area (Å²) in [6.45, 7) is 3.84. The highest BCUT2D eigenvalue weighted by molar-refractivity contribution is 7.89. The summed E-state index contributed by atoms with van der Waals surface area (Å²) in [4.78, 5) is 11.1. The Morgan fingerprint density at radius 3 is 2.59 bits per heavy atom. The lowest BCUT2D eigenvalue weighted by atomic mass is 10.3. The van der Waals surface area contributed by atoms with Crippen LogP contribution in [0.4, 0.5) is 10.1 Å². The van der Waals surface area contributed by atoms with E-state index < -0.39 is 21.8 Å². The number of nitrogens with one attached hydrogen (secondary N) is 1. The summed E-state index contributed by atoms with van der Waals surface area (Å²) >= 11 is 0. The Kier molecular flexibility index (Phi) is 4.79. The SMILES string of the molecule is C=C(F)C(=O)Nc1cc(S(=O)(=O)N2CCOCC2)ccc1O. The molecule has 9 heteroatoms. The number of phenols is 1. The number of carbonyl (C=O) groups excluding carboxylic acids is 1. The van der Waals surface area contributed by atoms with Crippen LogP contribution in [-0.2, 0) is 19.6 Å². The highest BCUT2D eigenvalue weighted by Gasteiger charge is 2.27. The molecule has 1 aromatic rings. The van der Waals surface area contributed by atoms with Crippen LogP contribution >= 0.6 is 0 Å². The molecule has 1 aromatic carbocycles. The first-order chi connectivity index (χ1) is 10.3. The van der Waals surface area contributed by atoms with Crippen molar-refractivity contribution in [2.24, 2.45) is 0 Å². The second-order valence-electron chi connectivity index (χ2n) is 4.55. The quantitative estimate of drug-likeness (QED) is 0.630. The molecule has 0 spiro atoms. The van der Waals surface area contributed by atoms with Gasteiger partial charge in [-0.1, -0.05) is 6.58 Å². The number of sulfonamides is 1. The zero-order chi connectivity index (χ0) is 16.3. The largest absolute Gasteiger partial charge is 0.506 e. The van der Waals surface area contributed by atoms with E-state index in [1.165, 1.54) is 10.4 Å². The molecule has 0 aromatic heterocycles. The maximum absolute atomic E-state index is 12.7. The van der Waals surface area contributed by atoms with Crippen molar-refractivity contribution in [3.05, 3.63) is 30.6 Å². The molecule has 1 fully saturated rings. The molecule has 22 heavy (non-hydrogen) atoms. The van der Waals surface area contributed by atoms with Crippen LogP contribution in [0.25, 0.3) is 0 Å². The number of rotatable bonds is 4. The number of ether oxygens (including phenoxy) is 1. The van der Waals surface area contributed by atoms with Gasteiger partial charge in [0.15, 0.2) is 5.83 Å². The second kappa shape index (κ2) is 6.42. The minimum absolute atomic E-state index is 0.119. The topological polar surface area (TPSA) is 95.9 Å². The number of morpholine rings is 1. The van der Waals surface area contributed by atoms with Crippen LogP contribution in [0.2, 0.25) is 0 Å². The number of halogens is 1. The fourth-order valence-corrected chi connectivity index (χ4v) is 3.34. The van der Waals surface area contributed by atoms with Crippen molar-refractivity contribution in [3.8, 4) is 5.75 Å². The van der Waals surface area contributed by atoms with Gasteiger partial charge in [-0.3, -0.25) is 4.79 Å². The number of carbonyl (C=O) groups is 1. The van der Waals surface area contributed by atoms with Gasteiger partial charge in [0, 0.05) is 13.1 Å². The van der Waals surface area contributed by atoms with Gasteiger partial charge in [0.05, 0.1) is 23.8 Å². The molecule has 1 aliphatic heterocycles. The van der Waals surface area contributed by atoms with Gasteiger partial charge in [0.25, 0.3) is 5.91 Å². The summed E-state index contributed by atoms with van der Waals surface area (Å²) in [6, 6.07) is 3.39. The van der Waals surface area contributed by atoms with Crippen molar-refractivity contribution >= 4 is 21.6 Å². The molecule has 7 nitrogen and oxygen atoms in total. The van der Waals surface area contributed by atoms with E-state index >= 15 is 0 Å². The molecule has 0 aliphatic carbocycles. The summed E-state index contributed by atoms with van der Waals surface area (Å²) in [5.74, 6) is -2.78. The smallest absolute Gasteiger partial charge is 0.283 e. The zero-order valence-electron chi connectivity index (χ0n) is 11.6. The Labute approximate surface area is 127 Å². The van der Waals surface area contributed by atoms with Crippen LogP contribution in [-0.4, -0.2) is 50.0 Å². The summed E-state index contributed by atoms with van der Waals surface area (Å²) in [6.07, 6.45) is 0. The normalized spacial score (nSPS) is 16.2. The fourth-order valence-electron chi connectivity index (χ4n) is 1.90. The van der Waals surface area contributed by atoms with Crippen LogP contribution in [0, 0.1) is 0 Å². The van der Waals surface area contributed by atoms with Crippen molar-refractivity contribution in [2.45, 2.75) is 4.90 Å². The monoisotopic (exact) mass is 330 g/mol. The van der Waals surface area contributed by atoms with Gasteiger partial charge >= 0.3 is 0 Å². The number of benzene rings is 1. The van der Waals surface area contributed by atoms with Crippen LogP contribution in [0.5, 0.6) is 5.75 Å². The minimum Gasteiger partial charge on any atom is -0.506 e. The molecule has 0 atom stereocenters. The van der Waals surface area contributed by atoms with Gasteiger partial charge in [0.1, 0.15) is 5.75 Å². The average Bonchev–Trinajstić information content (AvgIpc) is 2.50. The maximum atomic E-state index is 12.7. The molecule has 1 aliphatic rings. The van der Waals surface area contributed by atoms with Crippen molar-refractivity contribution in [2.75, 3.05) is 31.6 Å². The highest BCUT2D eigenvalue weighted by atomic mass is 32.2. The Morgan fingerprint density at radius 1 is 1.36 bits per heavy atom. The number of aromatic hydroxyl groups is 1. The standard InChI is InChI=1S/C13H15FN2O5S/c1-9(14)13(18)15-11-8-10(2-3-12(11)17)22(19,20)16-4-6-21-7-5-16/h2-3,8,17H,1,4-7H2,(H,15,18). The van der Waals surface area contributed by atoms with E-state index in [0.717, 1.165) is 12.1 Å². The van der Waals surface area contributed by atoms with Crippen LogP contribution in [0.3, 0.4) is 0 Å². The van der Waals surface area contributed by atoms with Crippen LogP contribution < -0.4 is 5.32 Å². The van der Waals surface area contributed by atoms with Gasteiger partial charge in [-0.05, 0) is 18.2 Å². The first-order valence-corrected chi connectivity index (χ1v) is 7.83. The number of hydrogen-bond donors (Lipinski definition) is 2. The fraction of sp³-hybridized carbons (Fsp3) is 0.308. The molecule has 1 amide bonds. The second-order valence-corrected chi connectivity index (χ2v) is 6.49. The van der Waals surface area contributed by atoms with Gasteiger partial charge in [-0.2, -0.15) is 4.31 Å². The van der Waals surface area contributed by atoms with Crippen molar-refractivity contribution in [1.82, 2.24) is 4.31 Å². The van der Waals surface area contributed by atoms with E-state index in [-0.39, 0.29) is 29.4 Å². The lowest BCUT2D eigenvalue weighted by Gasteiger charge is -2.26. The highest BCUT2D eigenvalue weighted by Crippen LogP contribution is 2.28. The van der Waals surface area contributed by atoms with Gasteiger partial charge in [-0.25, -0.2) is 12.8 Å². The van der Waals surface area contributed by atoms with E-state index in [2.05, 4.69) is 11.9 Å². The number of amides is 1. The summed E-state index contributed by atoms with van der Waals surface area (Å²) in [5.41, 5.74) is -0.210. The minimum atomic E-state index is -3.78. The molecular weight excluding hydrogens is 315 g/mol. The van der Waals surface area contributed by atoms with E-state index in [1.54, 1.807) is 0 Å². The zero-order valence-corrected chi connectivity index (χ0v) is 12.4. The molecule has 2 rings (SSSR count). The van der Waals surface area contributed by atoms with Crippen molar-refractivity contribution in [3.63, 3.8) is 0 Å². The Morgan fingerprint density at radius 2 is 2.00 bits per heavy atom. The van der Waals surface area contributed by atoms with Gasteiger partial charge in [0.2, 0.25) is 10.0 Å². The third-order valence-electron chi connectivity index (χ3n) is 3.07. The van der Waals surface area contributed by atoms with Crippen molar-refractivity contribution < 1.29 is 27.4 Å². The van der Waals surface area contributed by atoms with E-state index in [9.17, 15) is 22.7 Å². The summed E-state index contributed by atoms with van der Waals surface area (Å²) in [5, 5.41) is 11.7. The number of phenolic OH excluding ortho intramolecular Hbond substituents is 1. The Hall–Kier alpha value is -1.97. The van der Waals surface area contributed by atoms with Crippen LogP contribution in [0.15, 0.2) is 35.5 Å². The number of hydrogen-bond acceptors (Lipinski definition) is 5. The molecule has 0 radical (unpaired) electrons. The molecule has 1 saturated heterocycles. The van der Waals surface area contributed by atoms with Gasteiger partial charge < -0.3 is 15.2 Å². The third-order valence-corrected chi connectivity index (χ3v) is 4.97. The number of nitrogens with zero attached hydrogens (tertiary/aromatic N) is 1. The maximum Gasteiger partial charge on any atom is 0.283 e. The van der Waals surface area contributed by atoms with E-state index in [4.69, 9.17) is 4.74 Å². The first-order valence-electron chi connectivity index (χ1n) is 6.39. The summed E-state index contributed by atoms with van der Waals surface area (Å²) in [7, 11) is -3.78. The van der Waals surface area contributed by atoms with Crippen LogP contribution in [0.1, 0.15) is 0 Å². The Balaban J connectivity index is 2.32. The van der Waals surface area contributed by atoms with E-state index in [0.29, 0.717) is 13.2 Å². The Bertz CT molecular complexity index is 698. The summed E-state index contributed by atoms with van der Waals surface area (Å²) < 4.78 is 44.0. The molecule has 1 heterocycles. The van der Waals surface area contributed by atoms with Gasteiger partial charge in [-0.15, -0.1) is 0 Å². The average molecular weight is 330 g/mol. The van der Waals surface area contributed by atoms with Crippen molar-refractivity contribution in [1.29, 1.82) is 0 Å². The predicted octanol–water partition coefficient (Wildman–Crippen LogP) is 0.835. The third kappa shape index (κ3) is 3.43. The molecule has 2 N–H and O–H groups in total. The van der Waals surface area contributed by atoms with E-state index in [1.807, 2.05) is 0 Å². The molecule has 120 valence electrons. The predicted molar refractivity (Wildman–Crippen MR) is 76.6 cm³/mol. The molecular formula is C13H15FN2O5S. The first kappa shape index (κ1) is 16.4. The molecule has 0 bridgehead atoms. The molecule has 0 saturated carbocycles. The molecule has 0 unspecified atom stereocenters. The lowest BCUT2D eigenvalue weighted by Crippen LogP contribution is -2.40.